The Hall–Kier alpha value is -3.87. The Morgan fingerprint density at radius 3 is 2.62 bits per heavy atom. The third kappa shape index (κ3) is 4.35. The smallest absolute Gasteiger partial charge is 0.251 e. The van der Waals surface area contributed by atoms with Crippen molar-refractivity contribution in [2.75, 3.05) is 5.32 Å². The van der Waals surface area contributed by atoms with Gasteiger partial charge in [-0.3, -0.25) is 4.79 Å². The number of hydrogen-bond acceptors (Lipinski definition) is 6. The molecule has 3 heterocycles. The number of anilines is 2. The monoisotopic (exact) mass is 392 g/mol. The number of rotatable bonds is 6. The lowest BCUT2D eigenvalue weighted by Crippen LogP contribution is -2.22. The van der Waals surface area contributed by atoms with Crippen LogP contribution in [0.4, 0.5) is 11.6 Å². The van der Waals surface area contributed by atoms with Gasteiger partial charge in [0.15, 0.2) is 0 Å². The molecule has 150 valence electrons. The zero-order valence-corrected chi connectivity index (χ0v) is 16.1. The molecule has 0 aliphatic rings. The van der Waals surface area contributed by atoms with Crippen LogP contribution < -0.4 is 10.6 Å². The topological polar surface area (TPSA) is 93.2 Å². The number of aromatic nitrogens is 2. The standard InChI is InChI=1S/C22H20N4O3.2H2/c1-14-6-7-19(29-14)13-23-21(27)16-4-3-5-18(10-16)26-22-24-11-17(12-25-22)20-8-9-28-15(20)2;;/h3-12H,13H2,1-2H3,(H,23,27)(H,24,25,26);2*1H. The van der Waals surface area contributed by atoms with E-state index in [1.165, 1.54) is 0 Å². The van der Waals surface area contributed by atoms with Crippen LogP contribution in [0.1, 0.15) is 30.5 Å². The van der Waals surface area contributed by atoms with Gasteiger partial charge in [0.05, 0.1) is 12.8 Å². The summed E-state index contributed by atoms with van der Waals surface area (Å²) in [5, 5.41) is 5.97. The molecular formula is C22H24N4O3. The van der Waals surface area contributed by atoms with Crippen molar-refractivity contribution in [3.05, 3.63) is 84.0 Å². The third-order valence-corrected chi connectivity index (χ3v) is 4.42. The van der Waals surface area contributed by atoms with Gasteiger partial charge in [0.1, 0.15) is 17.3 Å². The molecule has 1 amide bonds. The number of carbonyl (C=O) groups excluding carboxylic acids is 1. The second-order valence-electron chi connectivity index (χ2n) is 6.59. The second kappa shape index (κ2) is 8.02. The summed E-state index contributed by atoms with van der Waals surface area (Å²) in [6.45, 7) is 4.10. The zero-order valence-electron chi connectivity index (χ0n) is 16.1. The van der Waals surface area contributed by atoms with Crippen LogP contribution in [0.2, 0.25) is 0 Å². The lowest BCUT2D eigenvalue weighted by atomic mass is 10.1. The molecule has 2 N–H and O–H groups in total. The molecule has 0 spiro atoms. The van der Waals surface area contributed by atoms with E-state index >= 15 is 0 Å². The van der Waals surface area contributed by atoms with Crippen LogP contribution in [0.25, 0.3) is 11.1 Å². The number of nitrogens with zero attached hydrogens (tertiary/aromatic N) is 2. The van der Waals surface area contributed by atoms with Crippen LogP contribution in [0.15, 0.2) is 70.0 Å². The molecule has 4 aromatic rings. The van der Waals surface area contributed by atoms with E-state index in [4.69, 9.17) is 8.83 Å². The number of aryl methyl sites for hydroxylation is 2. The summed E-state index contributed by atoms with van der Waals surface area (Å²) in [4.78, 5) is 21.1. The zero-order chi connectivity index (χ0) is 20.2. The summed E-state index contributed by atoms with van der Waals surface area (Å²) in [6.07, 6.45) is 5.10. The molecule has 0 aliphatic heterocycles. The van der Waals surface area contributed by atoms with Crippen molar-refractivity contribution in [3.8, 4) is 11.1 Å². The SMILES string of the molecule is Cc1ccc(CNC(=O)c2cccc(Nc3ncc(-c4ccoc4C)cn3)c2)o1.[HH].[HH]. The Morgan fingerprint density at radius 2 is 1.93 bits per heavy atom. The van der Waals surface area contributed by atoms with E-state index in [1.807, 2.05) is 38.1 Å². The maximum absolute atomic E-state index is 12.4. The summed E-state index contributed by atoms with van der Waals surface area (Å²) < 4.78 is 10.8. The Balaban J connectivity index is 0.00000171. The number of benzene rings is 1. The van der Waals surface area contributed by atoms with Gasteiger partial charge in [-0.05, 0) is 50.2 Å². The normalized spacial score (nSPS) is 10.7. The minimum Gasteiger partial charge on any atom is -0.469 e. The lowest BCUT2D eigenvalue weighted by Gasteiger charge is -2.08. The number of nitrogens with one attached hydrogen (secondary N) is 2. The van der Waals surface area contributed by atoms with E-state index in [0.717, 1.165) is 28.3 Å². The molecule has 0 aliphatic carbocycles. The van der Waals surface area contributed by atoms with Crippen molar-refractivity contribution < 1.29 is 16.5 Å². The first kappa shape index (κ1) is 18.5. The average molecular weight is 392 g/mol. The van der Waals surface area contributed by atoms with Gasteiger partial charge in [-0.25, -0.2) is 9.97 Å². The van der Waals surface area contributed by atoms with E-state index in [0.29, 0.717) is 23.8 Å². The number of hydrogen-bond donors (Lipinski definition) is 2. The largest absolute Gasteiger partial charge is 0.469 e. The van der Waals surface area contributed by atoms with Gasteiger partial charge in [0.2, 0.25) is 5.95 Å². The Kier molecular flexibility index (Phi) is 5.11. The van der Waals surface area contributed by atoms with Crippen LogP contribution >= 0.6 is 0 Å². The Labute approximate surface area is 170 Å². The molecule has 7 nitrogen and oxygen atoms in total. The highest BCUT2D eigenvalue weighted by Crippen LogP contribution is 2.23. The number of furan rings is 2. The van der Waals surface area contributed by atoms with Crippen LogP contribution in [-0.2, 0) is 6.54 Å². The summed E-state index contributed by atoms with van der Waals surface area (Å²) in [7, 11) is 0. The van der Waals surface area contributed by atoms with E-state index in [-0.39, 0.29) is 8.76 Å². The van der Waals surface area contributed by atoms with Crippen molar-refractivity contribution in [1.82, 2.24) is 15.3 Å². The molecule has 4 rings (SSSR count). The fraction of sp³-hybridized carbons (Fsp3) is 0.136. The van der Waals surface area contributed by atoms with E-state index < -0.39 is 0 Å². The van der Waals surface area contributed by atoms with Gasteiger partial charge < -0.3 is 19.5 Å². The van der Waals surface area contributed by atoms with Gasteiger partial charge >= 0.3 is 0 Å². The molecule has 0 atom stereocenters. The van der Waals surface area contributed by atoms with Gasteiger partial charge in [-0.2, -0.15) is 0 Å². The molecule has 0 unspecified atom stereocenters. The molecule has 7 heteroatoms. The second-order valence-corrected chi connectivity index (χ2v) is 6.59. The molecule has 3 aromatic heterocycles. The number of carbonyl (C=O) groups is 1. The summed E-state index contributed by atoms with van der Waals surface area (Å²) in [5.41, 5.74) is 3.09. The first-order chi connectivity index (χ1) is 14.1. The van der Waals surface area contributed by atoms with Crippen molar-refractivity contribution in [2.45, 2.75) is 20.4 Å². The van der Waals surface area contributed by atoms with E-state index in [1.54, 1.807) is 36.9 Å². The van der Waals surface area contributed by atoms with Gasteiger partial charge in [0, 0.05) is 37.6 Å². The third-order valence-electron chi connectivity index (χ3n) is 4.42. The molecule has 1 aromatic carbocycles. The lowest BCUT2D eigenvalue weighted by molar-refractivity contribution is 0.0948. The average Bonchev–Trinajstić information content (AvgIpc) is 3.35. The maximum atomic E-state index is 12.4. The Bertz CT molecular complexity index is 1140. The summed E-state index contributed by atoms with van der Waals surface area (Å²) in [6, 6.07) is 12.7. The van der Waals surface area contributed by atoms with Crippen molar-refractivity contribution in [2.24, 2.45) is 0 Å². The van der Waals surface area contributed by atoms with Crippen LogP contribution in [0.3, 0.4) is 0 Å². The van der Waals surface area contributed by atoms with Crippen LogP contribution in [-0.4, -0.2) is 15.9 Å². The molecule has 0 fully saturated rings. The molecule has 29 heavy (non-hydrogen) atoms. The van der Waals surface area contributed by atoms with Crippen LogP contribution in [0.5, 0.6) is 0 Å². The van der Waals surface area contributed by atoms with Gasteiger partial charge in [0.25, 0.3) is 5.91 Å². The molecule has 0 saturated carbocycles. The van der Waals surface area contributed by atoms with Crippen LogP contribution in [0, 0.1) is 13.8 Å². The predicted molar refractivity (Wildman–Crippen MR) is 113 cm³/mol. The number of amides is 1. The summed E-state index contributed by atoms with van der Waals surface area (Å²) >= 11 is 0. The highest BCUT2D eigenvalue weighted by Gasteiger charge is 2.09. The van der Waals surface area contributed by atoms with E-state index in [2.05, 4.69) is 20.6 Å². The molecule has 0 bridgehead atoms. The maximum Gasteiger partial charge on any atom is 0.251 e. The first-order valence-electron chi connectivity index (χ1n) is 9.15. The molecular weight excluding hydrogens is 368 g/mol. The fourth-order valence-electron chi connectivity index (χ4n) is 2.93. The minimum atomic E-state index is -0.186. The van der Waals surface area contributed by atoms with Gasteiger partial charge in [-0.1, -0.05) is 6.07 Å². The van der Waals surface area contributed by atoms with Crippen molar-refractivity contribution in [1.29, 1.82) is 0 Å². The predicted octanol–water partition coefficient (Wildman–Crippen LogP) is 5.11. The minimum absolute atomic E-state index is 0. The van der Waals surface area contributed by atoms with Crippen molar-refractivity contribution in [3.63, 3.8) is 0 Å². The molecule has 0 radical (unpaired) electrons. The summed E-state index contributed by atoms with van der Waals surface area (Å²) in [5.74, 6) is 2.60. The van der Waals surface area contributed by atoms with Crippen molar-refractivity contribution >= 4 is 17.5 Å². The quantitative estimate of drug-likeness (QED) is 0.473. The highest BCUT2D eigenvalue weighted by atomic mass is 16.3. The van der Waals surface area contributed by atoms with Gasteiger partial charge in [-0.15, -0.1) is 0 Å². The molecule has 0 saturated heterocycles. The van der Waals surface area contributed by atoms with E-state index in [9.17, 15) is 4.79 Å². The first-order valence-corrected chi connectivity index (χ1v) is 9.15. The fourth-order valence-corrected chi connectivity index (χ4v) is 2.93. The Morgan fingerprint density at radius 1 is 1.10 bits per heavy atom. The highest BCUT2D eigenvalue weighted by molar-refractivity contribution is 5.95.